The summed E-state index contributed by atoms with van der Waals surface area (Å²) in [6.07, 6.45) is 16.4. The molecule has 2 atom stereocenters. The summed E-state index contributed by atoms with van der Waals surface area (Å²) in [4.78, 5) is 16.8. The number of hydrogen-bond donors (Lipinski definition) is 2. The minimum absolute atomic E-state index is 0.0550. The fraction of sp³-hybridized carbons (Fsp3) is 0.571. The second-order valence-electron chi connectivity index (χ2n) is 20.0. The molecule has 1 aliphatic heterocycles. The molecule has 1 spiro atoms. The molecule has 0 amide bonds. The summed E-state index contributed by atoms with van der Waals surface area (Å²) >= 11 is 1.46. The SMILES string of the molecule is C=C1C=Cc2c([C@H](CCCc3ccc4c(c3)nnn4CCCN3CCC4(CC3)CC(OC(=O)C(O)(c3cccs3)C3CCCC3)C4)O[Si](C)(C)C(C)(C)C)ccc(O)c2C1. The van der Waals surface area contributed by atoms with Crippen molar-refractivity contribution in [1.82, 2.24) is 19.9 Å². The summed E-state index contributed by atoms with van der Waals surface area (Å²) in [6, 6.07) is 14.3. The fourth-order valence-electron chi connectivity index (χ4n) is 10.1. The number of phenols is 1. The molecule has 9 nitrogen and oxygen atoms in total. The summed E-state index contributed by atoms with van der Waals surface area (Å²) in [5.41, 5.74) is 6.22. The van der Waals surface area contributed by atoms with Crippen LogP contribution in [0.1, 0.15) is 125 Å². The van der Waals surface area contributed by atoms with Crippen LogP contribution in [0.5, 0.6) is 5.75 Å². The maximum atomic E-state index is 13.5. The van der Waals surface area contributed by atoms with Crippen molar-refractivity contribution in [3.63, 3.8) is 0 Å². The van der Waals surface area contributed by atoms with E-state index < -0.39 is 19.9 Å². The molecule has 3 fully saturated rings. The highest BCUT2D eigenvalue weighted by Gasteiger charge is 2.53. The first-order valence-corrected chi connectivity index (χ1v) is 26.3. The Labute approximate surface area is 362 Å². The van der Waals surface area contributed by atoms with E-state index in [4.69, 9.17) is 9.16 Å². The maximum absolute atomic E-state index is 13.5. The molecule has 0 radical (unpaired) electrons. The second-order valence-corrected chi connectivity index (χ2v) is 25.7. The normalized spacial score (nSPS) is 20.3. The summed E-state index contributed by atoms with van der Waals surface area (Å²) in [6.45, 7) is 19.6. The zero-order valence-electron chi connectivity index (χ0n) is 36.5. The van der Waals surface area contributed by atoms with Crippen molar-refractivity contribution >= 4 is 42.7 Å². The number of aromatic nitrogens is 3. The lowest BCUT2D eigenvalue weighted by atomic mass is 9.61. The molecule has 2 aromatic heterocycles. The van der Waals surface area contributed by atoms with Gasteiger partial charge < -0.3 is 24.3 Å². The van der Waals surface area contributed by atoms with Crippen LogP contribution in [0.2, 0.25) is 18.1 Å². The average Bonchev–Trinajstić information content (AvgIpc) is 4.01. The fourth-order valence-corrected chi connectivity index (χ4v) is 12.3. The predicted octanol–water partition coefficient (Wildman–Crippen LogP) is 10.7. The van der Waals surface area contributed by atoms with E-state index in [0.29, 0.717) is 12.2 Å². The predicted molar refractivity (Wildman–Crippen MR) is 243 cm³/mol. The molecule has 11 heteroatoms. The van der Waals surface area contributed by atoms with E-state index in [2.05, 4.69) is 96.8 Å². The van der Waals surface area contributed by atoms with E-state index in [1.807, 2.05) is 23.6 Å². The highest BCUT2D eigenvalue weighted by Crippen LogP contribution is 2.52. The topological polar surface area (TPSA) is 110 Å². The molecule has 8 rings (SSSR count). The number of carbonyl (C=O) groups excluding carboxylic acids is 1. The molecule has 3 aliphatic carbocycles. The smallest absolute Gasteiger partial charge is 0.344 e. The number of aromatic hydroxyl groups is 1. The van der Waals surface area contributed by atoms with Gasteiger partial charge in [-0.1, -0.05) is 81.3 Å². The Morgan fingerprint density at radius 2 is 1.82 bits per heavy atom. The van der Waals surface area contributed by atoms with Crippen molar-refractivity contribution in [2.75, 3.05) is 19.6 Å². The monoisotopic (exact) mass is 850 g/mol. The van der Waals surface area contributed by atoms with Crippen molar-refractivity contribution < 1.29 is 24.2 Å². The molecule has 2 aromatic carbocycles. The van der Waals surface area contributed by atoms with E-state index >= 15 is 0 Å². The highest BCUT2D eigenvalue weighted by molar-refractivity contribution is 7.10. The van der Waals surface area contributed by atoms with Gasteiger partial charge in [0, 0.05) is 29.3 Å². The third-order valence-corrected chi connectivity index (χ3v) is 20.3. The number of allylic oxidation sites excluding steroid dienone is 2. The van der Waals surface area contributed by atoms with Crippen LogP contribution < -0.4 is 0 Å². The summed E-state index contributed by atoms with van der Waals surface area (Å²) < 4.78 is 15.2. The van der Waals surface area contributed by atoms with E-state index in [-0.39, 0.29) is 28.6 Å². The quantitative estimate of drug-likeness (QED) is 0.0899. The number of aryl methyl sites for hydroxylation is 2. The zero-order chi connectivity index (χ0) is 42.3. The van der Waals surface area contributed by atoms with Gasteiger partial charge in [-0.3, -0.25) is 0 Å². The van der Waals surface area contributed by atoms with Crippen LogP contribution in [-0.4, -0.2) is 70.1 Å². The Morgan fingerprint density at radius 1 is 1.05 bits per heavy atom. The first kappa shape index (κ1) is 43.1. The number of likely N-dealkylation sites (tertiary alicyclic amines) is 1. The highest BCUT2D eigenvalue weighted by atomic mass is 32.1. The number of phenolic OH excluding ortho intramolecular Hbond substituents is 1. The van der Waals surface area contributed by atoms with Crippen molar-refractivity contribution in [1.29, 1.82) is 0 Å². The lowest BCUT2D eigenvalue weighted by molar-refractivity contribution is -0.192. The van der Waals surface area contributed by atoms with Crippen LogP contribution in [0.4, 0.5) is 0 Å². The number of fused-ring (bicyclic) bond motifs is 2. The first-order valence-electron chi connectivity index (χ1n) is 22.5. The Kier molecular flexibility index (Phi) is 12.4. The van der Waals surface area contributed by atoms with E-state index in [0.717, 1.165) is 141 Å². The number of rotatable bonds is 15. The largest absolute Gasteiger partial charge is 0.508 e. The lowest BCUT2D eigenvalue weighted by Crippen LogP contribution is -2.52. The Hall–Kier alpha value is -3.61. The van der Waals surface area contributed by atoms with Gasteiger partial charge in [-0.05, 0) is 154 Å². The van der Waals surface area contributed by atoms with Crippen molar-refractivity contribution in [2.24, 2.45) is 11.3 Å². The van der Waals surface area contributed by atoms with E-state index in [1.165, 1.54) is 16.9 Å². The summed E-state index contributed by atoms with van der Waals surface area (Å²) in [5, 5.41) is 33.6. The molecule has 0 bridgehead atoms. The van der Waals surface area contributed by atoms with Crippen LogP contribution in [0.25, 0.3) is 17.1 Å². The summed E-state index contributed by atoms with van der Waals surface area (Å²) in [7, 11) is -2.09. The molecule has 2 saturated carbocycles. The number of aliphatic hydroxyl groups is 1. The molecule has 1 unspecified atom stereocenters. The minimum Gasteiger partial charge on any atom is -0.508 e. The zero-order valence-corrected chi connectivity index (χ0v) is 38.4. The molecule has 322 valence electrons. The van der Waals surface area contributed by atoms with Crippen LogP contribution in [-0.2, 0) is 38.9 Å². The van der Waals surface area contributed by atoms with Gasteiger partial charge in [0.15, 0.2) is 13.9 Å². The van der Waals surface area contributed by atoms with E-state index in [1.54, 1.807) is 0 Å². The molecule has 2 N–H and O–H groups in total. The number of nitrogens with zero attached hydrogens (tertiary/aromatic N) is 4. The number of hydrogen-bond acceptors (Lipinski definition) is 9. The van der Waals surface area contributed by atoms with Gasteiger partial charge in [0.25, 0.3) is 0 Å². The molecule has 1 saturated heterocycles. The Morgan fingerprint density at radius 3 is 2.53 bits per heavy atom. The average molecular weight is 851 g/mol. The lowest BCUT2D eigenvalue weighted by Gasteiger charge is -2.52. The Bertz CT molecular complexity index is 2190. The van der Waals surface area contributed by atoms with Gasteiger partial charge in [-0.15, -0.1) is 16.4 Å². The molecule has 3 heterocycles. The van der Waals surface area contributed by atoms with Gasteiger partial charge in [0.1, 0.15) is 17.4 Å². The van der Waals surface area contributed by atoms with Gasteiger partial charge >= 0.3 is 5.97 Å². The number of carbonyl (C=O) groups is 1. The number of thiophene rings is 1. The number of esters is 1. The van der Waals surface area contributed by atoms with E-state index in [9.17, 15) is 15.0 Å². The number of piperidine rings is 1. The van der Waals surface area contributed by atoms with Gasteiger partial charge in [-0.25, -0.2) is 9.48 Å². The molecule has 4 aromatic rings. The Balaban J connectivity index is 0.809. The molecule has 4 aliphatic rings. The summed E-state index contributed by atoms with van der Waals surface area (Å²) in [5.74, 6) is -0.159. The minimum atomic E-state index is -2.09. The van der Waals surface area contributed by atoms with Gasteiger partial charge in [0.2, 0.25) is 0 Å². The van der Waals surface area contributed by atoms with Crippen molar-refractivity contribution in [2.45, 2.75) is 147 Å². The first-order chi connectivity index (χ1) is 28.6. The van der Waals surface area contributed by atoms with Crippen molar-refractivity contribution in [3.05, 3.63) is 93.2 Å². The van der Waals surface area contributed by atoms with Crippen LogP contribution in [0.15, 0.2) is 66.1 Å². The van der Waals surface area contributed by atoms with Crippen LogP contribution in [0, 0.1) is 11.3 Å². The van der Waals surface area contributed by atoms with Crippen molar-refractivity contribution in [3.8, 4) is 5.75 Å². The van der Waals surface area contributed by atoms with Gasteiger partial charge in [-0.2, -0.15) is 0 Å². The van der Waals surface area contributed by atoms with Crippen LogP contribution >= 0.6 is 11.3 Å². The number of ether oxygens (including phenoxy) is 1. The third-order valence-electron chi connectivity index (χ3n) is 14.9. The molecular formula is C49H66N4O5SSi. The second kappa shape index (κ2) is 17.3. The number of benzene rings is 2. The standard InChI is InChI=1S/C49H66N4O5SSi/c1-34-17-19-38-39(20-22-43(54)40(38)30-34)44(58-60(5,6)47(2,3)4)15-9-12-35-18-21-42-41(31-35)50-51-53(42)26-11-25-52-27-23-48(24-28-52)32-37(33-48)57-46(55)49(56,36-13-7-8-14-36)45-16-10-29-59-45/h10,16-22,29,31,36-37,44,54,56H,1,7-9,11-15,23-28,30,32-33H2,2-6H3/t44-,49?/m0/s1. The third kappa shape index (κ3) is 8.84. The maximum Gasteiger partial charge on any atom is 0.344 e. The molecule has 60 heavy (non-hydrogen) atoms. The van der Waals surface area contributed by atoms with Gasteiger partial charge in [0.05, 0.1) is 11.6 Å². The molecular weight excluding hydrogens is 785 g/mol. The van der Waals surface area contributed by atoms with Crippen LogP contribution in [0.3, 0.4) is 0 Å².